The molecule has 1 N–H and O–H groups in total. The second-order valence-corrected chi connectivity index (χ2v) is 7.11. The predicted octanol–water partition coefficient (Wildman–Crippen LogP) is 6.84. The maximum absolute atomic E-state index is 11.1. The van der Waals surface area contributed by atoms with E-state index in [1.54, 1.807) is 6.92 Å². The van der Waals surface area contributed by atoms with Gasteiger partial charge in [0.1, 0.15) is 0 Å². The van der Waals surface area contributed by atoms with Crippen molar-refractivity contribution in [3.8, 4) is 0 Å². The molecule has 0 unspecified atom stereocenters. The second-order valence-electron chi connectivity index (χ2n) is 7.11. The summed E-state index contributed by atoms with van der Waals surface area (Å²) in [5.74, 6) is -1.13. The molecule has 0 aromatic rings. The monoisotopic (exact) mass is 382 g/mol. The third-order valence-corrected chi connectivity index (χ3v) is 4.21. The summed E-state index contributed by atoms with van der Waals surface area (Å²) in [4.78, 5) is 21.2. The van der Waals surface area contributed by atoms with Gasteiger partial charge in [-0.2, -0.15) is 0 Å². The summed E-state index contributed by atoms with van der Waals surface area (Å²) in [5.41, 5.74) is 0.805. The minimum atomic E-state index is -0.872. The van der Waals surface area contributed by atoms with Crippen LogP contribution in [0.15, 0.2) is 24.3 Å². The van der Waals surface area contributed by atoms with Crippen molar-refractivity contribution in [2.45, 2.75) is 104 Å². The number of carbonyl (C=O) groups excluding carboxylic acids is 1. The molecule has 0 aromatic heterocycles. The molecular formula is C23H42O4. The first-order chi connectivity index (χ1) is 12.9. The van der Waals surface area contributed by atoms with Crippen LogP contribution in [-0.4, -0.2) is 23.7 Å². The van der Waals surface area contributed by atoms with Gasteiger partial charge in [0.15, 0.2) is 0 Å². The molecule has 158 valence electrons. The van der Waals surface area contributed by atoms with Crippen LogP contribution in [0.25, 0.3) is 0 Å². The third-order valence-electron chi connectivity index (χ3n) is 4.21. The number of esters is 1. The van der Waals surface area contributed by atoms with E-state index in [-0.39, 0.29) is 5.97 Å². The Morgan fingerprint density at radius 1 is 0.778 bits per heavy atom. The molecule has 0 aromatic carbocycles. The highest BCUT2D eigenvalue weighted by molar-refractivity contribution is 5.86. The molecule has 0 fully saturated rings. The van der Waals surface area contributed by atoms with E-state index in [2.05, 4.69) is 20.1 Å². The topological polar surface area (TPSA) is 63.6 Å². The van der Waals surface area contributed by atoms with Gasteiger partial charge in [0.25, 0.3) is 0 Å². The van der Waals surface area contributed by atoms with Gasteiger partial charge in [-0.25, -0.2) is 9.59 Å². The lowest BCUT2D eigenvalue weighted by molar-refractivity contribution is -0.139. The van der Waals surface area contributed by atoms with Gasteiger partial charge < -0.3 is 9.84 Å². The fourth-order valence-corrected chi connectivity index (χ4v) is 2.37. The van der Waals surface area contributed by atoms with Crippen molar-refractivity contribution in [3.63, 3.8) is 0 Å². The Kier molecular flexibility index (Phi) is 21.2. The summed E-state index contributed by atoms with van der Waals surface area (Å²) in [7, 11) is 0. The van der Waals surface area contributed by atoms with Gasteiger partial charge in [-0.1, -0.05) is 91.2 Å². The van der Waals surface area contributed by atoms with Gasteiger partial charge >= 0.3 is 11.9 Å². The molecule has 0 bridgehead atoms. The highest BCUT2D eigenvalue weighted by Gasteiger charge is 2.02. The molecule has 0 aliphatic carbocycles. The Morgan fingerprint density at radius 2 is 1.22 bits per heavy atom. The van der Waals surface area contributed by atoms with E-state index in [0.717, 1.165) is 19.3 Å². The summed E-state index contributed by atoms with van der Waals surface area (Å²) in [6, 6.07) is 0. The zero-order chi connectivity index (χ0) is 20.9. The summed E-state index contributed by atoms with van der Waals surface area (Å²) in [6.07, 6.45) is 15.5. The molecule has 0 aliphatic rings. The van der Waals surface area contributed by atoms with Crippen molar-refractivity contribution in [3.05, 3.63) is 24.3 Å². The average molecular weight is 383 g/mol. The van der Waals surface area contributed by atoms with Gasteiger partial charge in [-0.15, -0.1) is 0 Å². The van der Waals surface area contributed by atoms with Gasteiger partial charge in [0.2, 0.25) is 0 Å². The normalized spacial score (nSPS) is 9.89. The number of rotatable bonds is 16. The first kappa shape index (κ1) is 27.6. The smallest absolute Gasteiger partial charge is 0.333 e. The minimum absolute atomic E-state index is 0.258. The van der Waals surface area contributed by atoms with Crippen LogP contribution in [0.1, 0.15) is 104 Å². The van der Waals surface area contributed by atoms with Crippen molar-refractivity contribution in [1.82, 2.24) is 0 Å². The summed E-state index contributed by atoms with van der Waals surface area (Å²) >= 11 is 0. The number of hydrogen-bond donors (Lipinski definition) is 1. The molecule has 0 spiro atoms. The van der Waals surface area contributed by atoms with Crippen LogP contribution >= 0.6 is 0 Å². The largest absolute Gasteiger partial charge is 0.478 e. The molecule has 4 heteroatoms. The molecule has 27 heavy (non-hydrogen) atoms. The first-order valence-corrected chi connectivity index (χ1v) is 10.6. The van der Waals surface area contributed by atoms with Crippen LogP contribution < -0.4 is 0 Å². The number of hydrogen-bond acceptors (Lipinski definition) is 3. The quantitative estimate of drug-likeness (QED) is 0.180. The number of aliphatic carboxylic acids is 1. The maximum atomic E-state index is 11.1. The lowest BCUT2D eigenvalue weighted by atomic mass is 10.1. The van der Waals surface area contributed by atoms with Crippen LogP contribution in [0.2, 0.25) is 0 Å². The third kappa shape index (κ3) is 22.4. The molecular weight excluding hydrogens is 340 g/mol. The van der Waals surface area contributed by atoms with E-state index in [1.165, 1.54) is 57.8 Å². The highest BCUT2D eigenvalue weighted by atomic mass is 16.5. The Labute approximate surface area is 167 Å². The summed E-state index contributed by atoms with van der Waals surface area (Å²) in [6.45, 7) is 13.4. The van der Waals surface area contributed by atoms with E-state index in [9.17, 15) is 9.59 Å². The van der Waals surface area contributed by atoms with Gasteiger partial charge in [0.05, 0.1) is 6.61 Å². The van der Waals surface area contributed by atoms with Crippen molar-refractivity contribution in [2.24, 2.45) is 0 Å². The van der Waals surface area contributed by atoms with Crippen molar-refractivity contribution in [2.75, 3.05) is 6.61 Å². The fraction of sp³-hybridized carbons (Fsp3) is 0.739. The molecule has 0 atom stereocenters. The van der Waals surface area contributed by atoms with Crippen molar-refractivity contribution >= 4 is 11.9 Å². The molecule has 0 radical (unpaired) electrons. The number of ether oxygens (including phenoxy) is 1. The van der Waals surface area contributed by atoms with Gasteiger partial charge in [0, 0.05) is 11.1 Å². The van der Waals surface area contributed by atoms with Crippen LogP contribution in [0.4, 0.5) is 0 Å². The summed E-state index contributed by atoms with van der Waals surface area (Å²) in [5, 5.41) is 8.31. The molecule has 4 nitrogen and oxygen atoms in total. The fourth-order valence-electron chi connectivity index (χ4n) is 2.37. The molecule has 0 saturated carbocycles. The SMILES string of the molecule is C=C(C)C(=O)OCCCCCCCCCCCC.C=C(CCCC)C(=O)O. The number of unbranched alkanes of at least 4 members (excludes halogenated alkanes) is 10. The standard InChI is InChI=1S/C16H30O2.C7H12O2/c1-4-5-6-7-8-9-10-11-12-13-14-18-16(17)15(2)3;1-3-4-5-6(2)7(8)9/h2,4-14H2,1,3H3;2-5H2,1H3,(H,8,9). The number of carbonyl (C=O) groups is 2. The van der Waals surface area contributed by atoms with Gasteiger partial charge in [-0.3, -0.25) is 0 Å². The number of carboxylic acid groups (broad SMARTS) is 1. The predicted molar refractivity (Wildman–Crippen MR) is 114 cm³/mol. The Morgan fingerprint density at radius 3 is 1.63 bits per heavy atom. The molecule has 0 saturated heterocycles. The van der Waals surface area contributed by atoms with E-state index in [0.29, 0.717) is 24.2 Å². The minimum Gasteiger partial charge on any atom is -0.478 e. The Bertz CT molecular complexity index is 413. The first-order valence-electron chi connectivity index (χ1n) is 10.6. The second kappa shape index (κ2) is 20.7. The molecule has 0 heterocycles. The van der Waals surface area contributed by atoms with Crippen LogP contribution in [0, 0.1) is 0 Å². The lowest BCUT2D eigenvalue weighted by Crippen LogP contribution is -2.05. The lowest BCUT2D eigenvalue weighted by Gasteiger charge is -2.04. The van der Waals surface area contributed by atoms with E-state index in [4.69, 9.17) is 9.84 Å². The van der Waals surface area contributed by atoms with Crippen LogP contribution in [-0.2, 0) is 14.3 Å². The van der Waals surface area contributed by atoms with E-state index in [1.807, 2.05) is 6.92 Å². The van der Waals surface area contributed by atoms with Gasteiger partial charge in [-0.05, 0) is 26.2 Å². The molecule has 0 amide bonds. The van der Waals surface area contributed by atoms with Crippen molar-refractivity contribution < 1.29 is 19.4 Å². The number of carboxylic acids is 1. The van der Waals surface area contributed by atoms with E-state index < -0.39 is 5.97 Å². The zero-order valence-corrected chi connectivity index (χ0v) is 18.0. The molecule has 0 aliphatic heterocycles. The molecule has 0 rings (SSSR count). The van der Waals surface area contributed by atoms with Crippen LogP contribution in [0.3, 0.4) is 0 Å². The van der Waals surface area contributed by atoms with Crippen LogP contribution in [0.5, 0.6) is 0 Å². The Balaban J connectivity index is 0. The van der Waals surface area contributed by atoms with Crippen molar-refractivity contribution in [1.29, 1.82) is 0 Å². The zero-order valence-electron chi connectivity index (χ0n) is 18.0. The maximum Gasteiger partial charge on any atom is 0.333 e. The van der Waals surface area contributed by atoms with E-state index >= 15 is 0 Å². The highest BCUT2D eigenvalue weighted by Crippen LogP contribution is 2.10. The summed E-state index contributed by atoms with van der Waals surface area (Å²) < 4.78 is 5.04. The average Bonchev–Trinajstić information content (AvgIpc) is 2.64. The Hall–Kier alpha value is -1.58.